The van der Waals surface area contributed by atoms with Gasteiger partial charge in [0.05, 0.1) is 24.2 Å². The van der Waals surface area contributed by atoms with Crippen molar-refractivity contribution in [1.29, 1.82) is 5.26 Å². The van der Waals surface area contributed by atoms with Crippen LogP contribution in [0.15, 0.2) is 12.1 Å². The molecule has 0 saturated heterocycles. The van der Waals surface area contributed by atoms with Crippen LogP contribution >= 0.6 is 0 Å². The minimum absolute atomic E-state index is 0.00544. The normalized spacial score (nSPS) is 15.9. The van der Waals surface area contributed by atoms with Crippen LogP contribution in [0.25, 0.3) is 0 Å². The number of carboxylic acids is 1. The number of ether oxygens (including phenoxy) is 1. The molecular weight excluding hydrogens is 284 g/mol. The maximum atomic E-state index is 12.3. The lowest BCUT2D eigenvalue weighted by Crippen LogP contribution is -2.28. The number of hydrogen-bond donors (Lipinski definition) is 2. The molecule has 2 rings (SSSR count). The molecule has 6 nitrogen and oxygen atoms in total. The van der Waals surface area contributed by atoms with E-state index in [0.717, 1.165) is 12.8 Å². The number of hydrogen-bond acceptors (Lipinski definition) is 4. The predicted octanol–water partition coefficient (Wildman–Crippen LogP) is 2.09. The molecule has 1 aliphatic rings. The van der Waals surface area contributed by atoms with Crippen molar-refractivity contribution in [2.75, 3.05) is 14.2 Å². The third-order valence-corrected chi connectivity index (χ3v) is 4.23. The van der Waals surface area contributed by atoms with E-state index in [2.05, 4.69) is 11.4 Å². The minimum Gasteiger partial charge on any atom is -0.495 e. The van der Waals surface area contributed by atoms with Crippen LogP contribution in [-0.4, -0.2) is 31.1 Å². The maximum absolute atomic E-state index is 12.3. The van der Waals surface area contributed by atoms with Gasteiger partial charge in [-0.05, 0) is 24.5 Å². The van der Waals surface area contributed by atoms with E-state index in [9.17, 15) is 20.0 Å². The van der Waals surface area contributed by atoms with Crippen LogP contribution in [-0.2, 0) is 5.41 Å². The summed E-state index contributed by atoms with van der Waals surface area (Å²) in [7, 11) is 2.79. The summed E-state index contributed by atoms with van der Waals surface area (Å²) in [6.45, 7) is 0. The molecule has 1 saturated carbocycles. The van der Waals surface area contributed by atoms with Gasteiger partial charge in [-0.25, -0.2) is 4.79 Å². The minimum atomic E-state index is -1.18. The van der Waals surface area contributed by atoms with Gasteiger partial charge in [0, 0.05) is 7.05 Å². The zero-order valence-corrected chi connectivity index (χ0v) is 12.6. The SMILES string of the molecule is CNC(=O)c1c(C2(C#N)CCCC2)ccc(C(=O)O)c1OC. The van der Waals surface area contributed by atoms with Gasteiger partial charge in [0.1, 0.15) is 11.3 Å². The van der Waals surface area contributed by atoms with Crippen LogP contribution in [0.2, 0.25) is 0 Å². The third kappa shape index (κ3) is 2.39. The van der Waals surface area contributed by atoms with Crippen LogP contribution in [0.5, 0.6) is 5.75 Å². The van der Waals surface area contributed by atoms with E-state index in [1.807, 2.05) is 0 Å². The number of carboxylic acid groups (broad SMARTS) is 1. The van der Waals surface area contributed by atoms with Crippen molar-refractivity contribution in [2.45, 2.75) is 31.1 Å². The Morgan fingerprint density at radius 3 is 2.45 bits per heavy atom. The van der Waals surface area contributed by atoms with E-state index < -0.39 is 17.3 Å². The first-order chi connectivity index (χ1) is 10.5. The summed E-state index contributed by atoms with van der Waals surface area (Å²) in [5.41, 5.74) is -0.149. The highest BCUT2D eigenvalue weighted by atomic mass is 16.5. The van der Waals surface area contributed by atoms with E-state index in [1.165, 1.54) is 20.2 Å². The summed E-state index contributed by atoms with van der Waals surface area (Å²) in [6, 6.07) is 5.31. The molecule has 0 unspecified atom stereocenters. The second-order valence-electron chi connectivity index (χ2n) is 5.35. The van der Waals surface area contributed by atoms with Gasteiger partial charge >= 0.3 is 5.97 Å². The molecule has 0 atom stereocenters. The standard InChI is InChI=1S/C16H18N2O4/c1-18-14(19)12-11(16(9-17)7-3-4-8-16)6-5-10(15(20)21)13(12)22-2/h5-6H,3-4,7-8H2,1-2H3,(H,18,19)(H,20,21). The highest BCUT2D eigenvalue weighted by Crippen LogP contribution is 2.44. The molecule has 0 bridgehead atoms. The number of amides is 1. The second-order valence-corrected chi connectivity index (χ2v) is 5.35. The summed E-state index contributed by atoms with van der Waals surface area (Å²) in [5.74, 6) is -1.62. The van der Waals surface area contributed by atoms with Crippen molar-refractivity contribution in [1.82, 2.24) is 5.32 Å². The number of nitriles is 1. The molecule has 1 amide bonds. The van der Waals surface area contributed by atoms with Crippen LogP contribution in [0.1, 0.15) is 52.0 Å². The Bertz CT molecular complexity index is 655. The van der Waals surface area contributed by atoms with Crippen molar-refractivity contribution >= 4 is 11.9 Å². The van der Waals surface area contributed by atoms with E-state index in [0.29, 0.717) is 18.4 Å². The summed E-state index contributed by atoms with van der Waals surface area (Å²) >= 11 is 0. The molecular formula is C16H18N2O4. The van der Waals surface area contributed by atoms with Crippen LogP contribution in [0, 0.1) is 11.3 Å². The summed E-state index contributed by atoms with van der Waals surface area (Å²) < 4.78 is 5.20. The quantitative estimate of drug-likeness (QED) is 0.887. The molecule has 1 aliphatic carbocycles. The number of aromatic carboxylic acids is 1. The van der Waals surface area contributed by atoms with Gasteiger partial charge in [-0.1, -0.05) is 18.9 Å². The first kappa shape index (κ1) is 15.8. The number of nitrogens with zero attached hydrogens (tertiary/aromatic N) is 1. The molecule has 1 fully saturated rings. The molecule has 22 heavy (non-hydrogen) atoms. The molecule has 116 valence electrons. The topological polar surface area (TPSA) is 99.4 Å². The number of rotatable bonds is 4. The molecule has 0 radical (unpaired) electrons. The molecule has 1 aromatic rings. The average molecular weight is 302 g/mol. The largest absolute Gasteiger partial charge is 0.495 e. The maximum Gasteiger partial charge on any atom is 0.339 e. The summed E-state index contributed by atoms with van der Waals surface area (Å²) in [6.07, 6.45) is 3.12. The molecule has 2 N–H and O–H groups in total. The van der Waals surface area contributed by atoms with Gasteiger partial charge < -0.3 is 15.2 Å². The molecule has 0 aromatic heterocycles. The summed E-state index contributed by atoms with van der Waals surface area (Å²) in [4.78, 5) is 23.7. The molecule has 0 aliphatic heterocycles. The van der Waals surface area contributed by atoms with Gasteiger partial charge in [0.2, 0.25) is 0 Å². The van der Waals surface area contributed by atoms with Gasteiger partial charge in [0.25, 0.3) is 5.91 Å². The van der Waals surface area contributed by atoms with Crippen molar-refractivity contribution in [3.05, 3.63) is 28.8 Å². The Kier molecular flexibility index (Phi) is 4.36. The smallest absolute Gasteiger partial charge is 0.339 e. The van der Waals surface area contributed by atoms with Gasteiger partial charge in [-0.3, -0.25) is 4.79 Å². The zero-order valence-electron chi connectivity index (χ0n) is 12.6. The Hall–Kier alpha value is -2.55. The van der Waals surface area contributed by atoms with Crippen LogP contribution < -0.4 is 10.1 Å². The van der Waals surface area contributed by atoms with Crippen molar-refractivity contribution in [2.24, 2.45) is 0 Å². The lowest BCUT2D eigenvalue weighted by molar-refractivity contribution is 0.0693. The highest BCUT2D eigenvalue weighted by Gasteiger charge is 2.40. The van der Waals surface area contributed by atoms with Gasteiger partial charge in [0.15, 0.2) is 0 Å². The summed E-state index contributed by atoms with van der Waals surface area (Å²) in [5, 5.41) is 21.4. The molecule has 1 aromatic carbocycles. The van der Waals surface area contributed by atoms with Crippen molar-refractivity contribution < 1.29 is 19.4 Å². The number of carbonyl (C=O) groups is 2. The van der Waals surface area contributed by atoms with Crippen LogP contribution in [0.3, 0.4) is 0 Å². The molecule has 0 spiro atoms. The molecule has 0 heterocycles. The van der Waals surface area contributed by atoms with Gasteiger partial charge in [-0.15, -0.1) is 0 Å². The lowest BCUT2D eigenvalue weighted by atomic mass is 9.77. The fourth-order valence-corrected chi connectivity index (χ4v) is 3.13. The highest BCUT2D eigenvalue weighted by molar-refractivity contribution is 6.03. The number of carbonyl (C=O) groups excluding carboxylic acids is 1. The van der Waals surface area contributed by atoms with Crippen LogP contribution in [0.4, 0.5) is 0 Å². The monoisotopic (exact) mass is 302 g/mol. The fraction of sp³-hybridized carbons (Fsp3) is 0.438. The number of nitrogens with one attached hydrogen (secondary N) is 1. The lowest BCUT2D eigenvalue weighted by Gasteiger charge is -2.25. The average Bonchev–Trinajstić information content (AvgIpc) is 3.02. The van der Waals surface area contributed by atoms with E-state index >= 15 is 0 Å². The Labute approximate surface area is 128 Å². The zero-order chi connectivity index (χ0) is 16.3. The van der Waals surface area contributed by atoms with E-state index in [4.69, 9.17) is 4.74 Å². The first-order valence-electron chi connectivity index (χ1n) is 7.09. The van der Waals surface area contributed by atoms with Gasteiger partial charge in [-0.2, -0.15) is 5.26 Å². The second kappa shape index (κ2) is 6.06. The Balaban J connectivity index is 2.77. The third-order valence-electron chi connectivity index (χ3n) is 4.23. The van der Waals surface area contributed by atoms with Crippen molar-refractivity contribution in [3.8, 4) is 11.8 Å². The van der Waals surface area contributed by atoms with E-state index in [-0.39, 0.29) is 16.9 Å². The van der Waals surface area contributed by atoms with E-state index in [1.54, 1.807) is 6.07 Å². The molecule has 6 heteroatoms. The fourth-order valence-electron chi connectivity index (χ4n) is 3.13. The predicted molar refractivity (Wildman–Crippen MR) is 79.1 cm³/mol. The Morgan fingerprint density at radius 1 is 1.36 bits per heavy atom. The number of benzene rings is 1. The first-order valence-corrected chi connectivity index (χ1v) is 7.09. The Morgan fingerprint density at radius 2 is 2.00 bits per heavy atom. The number of methoxy groups -OCH3 is 1. The van der Waals surface area contributed by atoms with Crippen molar-refractivity contribution in [3.63, 3.8) is 0 Å².